The van der Waals surface area contributed by atoms with Crippen LogP contribution >= 0.6 is 0 Å². The number of hydrogen-bond acceptors (Lipinski definition) is 4. The van der Waals surface area contributed by atoms with Crippen LogP contribution in [0.1, 0.15) is 74.1 Å². The van der Waals surface area contributed by atoms with E-state index in [1.165, 1.54) is 0 Å². The third-order valence-electron chi connectivity index (χ3n) is 5.34. The molecule has 0 spiro atoms. The predicted octanol–water partition coefficient (Wildman–Crippen LogP) is 2.85. The maximum Gasteiger partial charge on any atom is 0.252 e. The lowest BCUT2D eigenvalue weighted by Crippen LogP contribution is -2.45. The zero-order valence-electron chi connectivity index (χ0n) is 16.2. The second kappa shape index (κ2) is 6.34. The topological polar surface area (TPSA) is 71.8 Å². The molecule has 1 aliphatic carbocycles. The summed E-state index contributed by atoms with van der Waals surface area (Å²) in [5, 5.41) is 12.2. The van der Waals surface area contributed by atoms with E-state index < -0.39 is 0 Å². The second-order valence-electron chi connectivity index (χ2n) is 8.75. The number of pyridine rings is 1. The molecule has 0 bridgehead atoms. The van der Waals surface area contributed by atoms with Gasteiger partial charge in [-0.05, 0) is 66.0 Å². The first-order chi connectivity index (χ1) is 12.3. The van der Waals surface area contributed by atoms with Gasteiger partial charge in [-0.25, -0.2) is 9.67 Å². The quantitative estimate of drug-likeness (QED) is 0.888. The maximum atomic E-state index is 13.1. The van der Waals surface area contributed by atoms with Crippen LogP contribution in [0.3, 0.4) is 0 Å². The van der Waals surface area contributed by atoms with Gasteiger partial charge < -0.3 is 10.6 Å². The van der Waals surface area contributed by atoms with Crippen molar-refractivity contribution in [2.24, 2.45) is 0 Å². The number of amides is 1. The van der Waals surface area contributed by atoms with Gasteiger partial charge in [0.2, 0.25) is 0 Å². The van der Waals surface area contributed by atoms with Crippen LogP contribution in [0.4, 0.5) is 0 Å². The van der Waals surface area contributed by atoms with Crippen LogP contribution in [0, 0.1) is 6.92 Å². The molecule has 2 aliphatic rings. The highest BCUT2D eigenvalue weighted by atomic mass is 16.1. The molecule has 1 saturated carbocycles. The number of piperidine rings is 1. The SMILES string of the molecule is Cc1nn(C(C)(C)C)c2nc(C3CC3)cc(C(=O)NC3CCCNC3)c12. The summed E-state index contributed by atoms with van der Waals surface area (Å²) in [6.45, 7) is 10.2. The molecule has 3 heterocycles. The molecule has 1 atom stereocenters. The molecule has 6 nitrogen and oxygen atoms in total. The van der Waals surface area contributed by atoms with E-state index in [9.17, 15) is 4.79 Å². The summed E-state index contributed by atoms with van der Waals surface area (Å²) >= 11 is 0. The van der Waals surface area contributed by atoms with Crippen molar-refractivity contribution in [2.45, 2.75) is 70.9 Å². The average Bonchev–Trinajstić information content (AvgIpc) is 3.38. The van der Waals surface area contributed by atoms with Crippen LogP contribution in [-0.4, -0.2) is 39.8 Å². The fraction of sp³-hybridized carbons (Fsp3) is 0.650. The van der Waals surface area contributed by atoms with Crippen LogP contribution < -0.4 is 10.6 Å². The molecule has 0 aromatic carbocycles. The van der Waals surface area contributed by atoms with E-state index >= 15 is 0 Å². The van der Waals surface area contributed by atoms with E-state index in [1.54, 1.807) is 0 Å². The average molecular weight is 355 g/mol. The Hall–Kier alpha value is -1.95. The summed E-state index contributed by atoms with van der Waals surface area (Å²) < 4.78 is 1.97. The molecule has 2 aromatic heterocycles. The molecular weight excluding hydrogens is 326 g/mol. The summed E-state index contributed by atoms with van der Waals surface area (Å²) in [5.41, 5.74) is 3.30. The van der Waals surface area contributed by atoms with Gasteiger partial charge in [0.05, 0.1) is 22.2 Å². The van der Waals surface area contributed by atoms with E-state index in [-0.39, 0.29) is 17.5 Å². The van der Waals surface area contributed by atoms with E-state index in [4.69, 9.17) is 10.1 Å². The fourth-order valence-corrected chi connectivity index (χ4v) is 3.78. The van der Waals surface area contributed by atoms with Gasteiger partial charge >= 0.3 is 0 Å². The fourth-order valence-electron chi connectivity index (χ4n) is 3.78. The van der Waals surface area contributed by atoms with E-state index in [0.29, 0.717) is 5.92 Å². The molecule has 1 unspecified atom stereocenters. The van der Waals surface area contributed by atoms with Crippen molar-refractivity contribution in [3.05, 3.63) is 23.0 Å². The lowest BCUT2D eigenvalue weighted by atomic mass is 10.0. The van der Waals surface area contributed by atoms with Gasteiger partial charge in [0.25, 0.3) is 5.91 Å². The molecule has 2 N–H and O–H groups in total. The van der Waals surface area contributed by atoms with Crippen LogP contribution in [0.25, 0.3) is 11.0 Å². The Labute approximate surface area is 154 Å². The van der Waals surface area contributed by atoms with Crippen molar-refractivity contribution in [1.29, 1.82) is 0 Å². The van der Waals surface area contributed by atoms with Gasteiger partial charge in [0.15, 0.2) is 5.65 Å². The standard InChI is InChI=1S/C20H29N5O/c1-12-17-15(19(26)22-14-6-5-9-21-11-14)10-16(13-7-8-13)23-18(17)25(24-12)20(2,3)4/h10,13-14,21H,5-9,11H2,1-4H3,(H,22,26). The number of fused-ring (bicyclic) bond motifs is 1. The molecule has 1 aliphatic heterocycles. The monoisotopic (exact) mass is 355 g/mol. The predicted molar refractivity (Wildman–Crippen MR) is 103 cm³/mol. The third kappa shape index (κ3) is 3.22. The van der Waals surface area contributed by atoms with Gasteiger partial charge in [0, 0.05) is 24.2 Å². The Morgan fingerprint density at radius 2 is 2.08 bits per heavy atom. The maximum absolute atomic E-state index is 13.1. The van der Waals surface area contributed by atoms with Crippen molar-refractivity contribution < 1.29 is 4.79 Å². The molecule has 2 aromatic rings. The molecule has 26 heavy (non-hydrogen) atoms. The first kappa shape index (κ1) is 17.5. The Kier molecular flexibility index (Phi) is 4.26. The largest absolute Gasteiger partial charge is 0.348 e. The van der Waals surface area contributed by atoms with E-state index in [2.05, 4.69) is 31.4 Å². The number of rotatable bonds is 3. The normalized spacial score (nSPS) is 21.2. The molecule has 1 saturated heterocycles. The van der Waals surface area contributed by atoms with Crippen molar-refractivity contribution in [2.75, 3.05) is 13.1 Å². The highest BCUT2D eigenvalue weighted by Crippen LogP contribution is 2.41. The van der Waals surface area contributed by atoms with E-state index in [1.807, 2.05) is 17.7 Å². The van der Waals surface area contributed by atoms with Crippen LogP contribution in [-0.2, 0) is 5.54 Å². The van der Waals surface area contributed by atoms with Crippen molar-refractivity contribution in [3.63, 3.8) is 0 Å². The van der Waals surface area contributed by atoms with Crippen molar-refractivity contribution in [3.8, 4) is 0 Å². The first-order valence-corrected chi connectivity index (χ1v) is 9.77. The zero-order valence-corrected chi connectivity index (χ0v) is 16.2. The number of carbonyl (C=O) groups is 1. The molecule has 4 rings (SSSR count). The Morgan fingerprint density at radius 1 is 1.31 bits per heavy atom. The summed E-state index contributed by atoms with van der Waals surface area (Å²) in [6.07, 6.45) is 4.46. The molecule has 6 heteroatoms. The number of aromatic nitrogens is 3. The minimum atomic E-state index is -0.178. The number of nitrogens with zero attached hydrogens (tertiary/aromatic N) is 3. The lowest BCUT2D eigenvalue weighted by molar-refractivity contribution is 0.0932. The van der Waals surface area contributed by atoms with Crippen molar-refractivity contribution >= 4 is 16.9 Å². The second-order valence-corrected chi connectivity index (χ2v) is 8.75. The summed E-state index contributed by atoms with van der Waals surface area (Å²) in [7, 11) is 0. The molecular formula is C20H29N5O. The Morgan fingerprint density at radius 3 is 2.69 bits per heavy atom. The molecule has 0 radical (unpaired) electrons. The molecule has 2 fully saturated rings. The summed E-state index contributed by atoms with van der Waals surface area (Å²) in [6, 6.07) is 2.20. The van der Waals surface area contributed by atoms with Crippen LogP contribution in [0.2, 0.25) is 0 Å². The minimum absolute atomic E-state index is 0.00422. The summed E-state index contributed by atoms with van der Waals surface area (Å²) in [5.74, 6) is 0.496. The Balaban J connectivity index is 1.79. The van der Waals surface area contributed by atoms with Crippen LogP contribution in [0.5, 0.6) is 0 Å². The summed E-state index contributed by atoms with van der Waals surface area (Å²) in [4.78, 5) is 18.1. The van der Waals surface area contributed by atoms with Crippen molar-refractivity contribution in [1.82, 2.24) is 25.4 Å². The zero-order chi connectivity index (χ0) is 18.5. The highest BCUT2D eigenvalue weighted by molar-refractivity contribution is 6.06. The number of nitrogens with one attached hydrogen (secondary N) is 2. The third-order valence-corrected chi connectivity index (χ3v) is 5.34. The minimum Gasteiger partial charge on any atom is -0.348 e. The van der Waals surface area contributed by atoms with Gasteiger partial charge in [-0.1, -0.05) is 0 Å². The number of carbonyl (C=O) groups excluding carboxylic acids is 1. The van der Waals surface area contributed by atoms with Crippen LogP contribution in [0.15, 0.2) is 6.07 Å². The van der Waals surface area contributed by atoms with Gasteiger partial charge in [-0.2, -0.15) is 5.10 Å². The molecule has 140 valence electrons. The Bertz CT molecular complexity index is 838. The smallest absolute Gasteiger partial charge is 0.252 e. The number of aryl methyl sites for hydroxylation is 1. The number of hydrogen-bond donors (Lipinski definition) is 2. The van der Waals surface area contributed by atoms with Gasteiger partial charge in [0.1, 0.15) is 0 Å². The van der Waals surface area contributed by atoms with Gasteiger partial charge in [-0.15, -0.1) is 0 Å². The lowest BCUT2D eigenvalue weighted by Gasteiger charge is -2.24. The molecule has 1 amide bonds. The first-order valence-electron chi connectivity index (χ1n) is 9.77. The van der Waals surface area contributed by atoms with E-state index in [0.717, 1.165) is 66.8 Å². The highest BCUT2D eigenvalue weighted by Gasteiger charge is 2.30. The van der Waals surface area contributed by atoms with Gasteiger partial charge in [-0.3, -0.25) is 4.79 Å².